The predicted octanol–water partition coefficient (Wildman–Crippen LogP) is 1.80. The van der Waals surface area contributed by atoms with Gasteiger partial charge in [0.2, 0.25) is 0 Å². The molecule has 0 aromatic heterocycles. The molecule has 0 radical (unpaired) electrons. The second kappa shape index (κ2) is 5.13. The maximum Gasteiger partial charge on any atom is 0.181 e. The maximum absolute atomic E-state index is 13.8. The molecular weight excluding hydrogens is 279 g/mol. The Bertz CT molecular complexity index is 595. The molecule has 2 rings (SSSR count). The quantitative estimate of drug-likeness (QED) is 0.865. The van der Waals surface area contributed by atoms with Gasteiger partial charge in [0.05, 0.1) is 0 Å². The molecule has 0 aliphatic carbocycles. The van der Waals surface area contributed by atoms with Crippen LogP contribution in [0.1, 0.15) is 18.4 Å². The molecule has 7 heteroatoms. The number of rotatable bonds is 3. The normalized spacial score (nSPS) is 19.9. The standard InChI is InChI=1S/C12H14F3NO2S/c1-19(17,18)12-9(13)6-7(10(14)11(12)15)5-8-3-2-4-16-8/h6,8,16H,2-5H2,1H3. The van der Waals surface area contributed by atoms with E-state index in [-0.39, 0.29) is 18.0 Å². The van der Waals surface area contributed by atoms with Crippen molar-refractivity contribution in [3.05, 3.63) is 29.1 Å². The molecule has 0 spiro atoms. The Labute approximate surface area is 109 Å². The van der Waals surface area contributed by atoms with Gasteiger partial charge in [0.1, 0.15) is 10.7 Å². The van der Waals surface area contributed by atoms with Gasteiger partial charge in [-0.25, -0.2) is 21.6 Å². The first-order chi connectivity index (χ1) is 8.80. The van der Waals surface area contributed by atoms with E-state index in [1.807, 2.05) is 0 Å². The SMILES string of the molecule is CS(=O)(=O)c1c(F)cc(CC2CCCN2)c(F)c1F. The molecule has 106 valence electrons. The van der Waals surface area contributed by atoms with Gasteiger partial charge in [-0.3, -0.25) is 0 Å². The summed E-state index contributed by atoms with van der Waals surface area (Å²) in [5.74, 6) is -4.15. The highest BCUT2D eigenvalue weighted by molar-refractivity contribution is 7.90. The first-order valence-electron chi connectivity index (χ1n) is 5.90. The summed E-state index contributed by atoms with van der Waals surface area (Å²) in [5.41, 5.74) is -0.137. The molecule has 1 fully saturated rings. The van der Waals surface area contributed by atoms with Gasteiger partial charge in [0, 0.05) is 12.3 Å². The minimum absolute atomic E-state index is 0.0302. The van der Waals surface area contributed by atoms with Crippen molar-refractivity contribution < 1.29 is 21.6 Å². The van der Waals surface area contributed by atoms with Crippen LogP contribution in [0.5, 0.6) is 0 Å². The van der Waals surface area contributed by atoms with E-state index < -0.39 is 32.2 Å². The molecule has 1 N–H and O–H groups in total. The summed E-state index contributed by atoms with van der Waals surface area (Å²) in [5, 5.41) is 3.09. The van der Waals surface area contributed by atoms with Crippen molar-refractivity contribution in [2.45, 2.75) is 30.2 Å². The molecular formula is C12H14F3NO2S. The zero-order chi connectivity index (χ0) is 14.2. The van der Waals surface area contributed by atoms with Crippen molar-refractivity contribution in [1.82, 2.24) is 5.32 Å². The van der Waals surface area contributed by atoms with E-state index in [1.54, 1.807) is 0 Å². The third kappa shape index (κ3) is 2.92. The Hall–Kier alpha value is -1.08. The zero-order valence-electron chi connectivity index (χ0n) is 10.3. The third-order valence-corrected chi connectivity index (χ3v) is 4.31. The summed E-state index contributed by atoms with van der Waals surface area (Å²) in [4.78, 5) is -1.20. The smallest absolute Gasteiger partial charge is 0.181 e. The van der Waals surface area contributed by atoms with Gasteiger partial charge in [0.25, 0.3) is 0 Å². The first kappa shape index (κ1) is 14.3. The van der Waals surface area contributed by atoms with Gasteiger partial charge in [-0.1, -0.05) is 0 Å². The molecule has 3 nitrogen and oxygen atoms in total. The number of benzene rings is 1. The number of hydrogen-bond acceptors (Lipinski definition) is 3. The lowest BCUT2D eigenvalue weighted by Crippen LogP contribution is -2.24. The molecule has 0 bridgehead atoms. The second-order valence-corrected chi connectivity index (χ2v) is 6.70. The average molecular weight is 293 g/mol. The lowest BCUT2D eigenvalue weighted by molar-refractivity contribution is 0.445. The molecule has 1 aliphatic heterocycles. The van der Waals surface area contributed by atoms with Gasteiger partial charge in [-0.05, 0) is 37.4 Å². The van der Waals surface area contributed by atoms with Crippen LogP contribution in [-0.2, 0) is 16.3 Å². The minimum Gasteiger partial charge on any atom is -0.314 e. The second-order valence-electron chi connectivity index (χ2n) is 4.74. The molecule has 19 heavy (non-hydrogen) atoms. The maximum atomic E-state index is 13.8. The summed E-state index contributed by atoms with van der Waals surface area (Å²) in [6.45, 7) is 0.790. The molecule has 0 amide bonds. The highest BCUT2D eigenvalue weighted by Gasteiger charge is 2.27. The molecule has 1 heterocycles. The van der Waals surface area contributed by atoms with Crippen molar-refractivity contribution in [3.63, 3.8) is 0 Å². The molecule has 1 aromatic carbocycles. The van der Waals surface area contributed by atoms with Gasteiger partial charge in [-0.2, -0.15) is 0 Å². The Balaban J connectivity index is 2.42. The summed E-state index contributed by atoms with van der Waals surface area (Å²) >= 11 is 0. The van der Waals surface area contributed by atoms with Crippen LogP contribution in [0.4, 0.5) is 13.2 Å². The molecule has 1 saturated heterocycles. The highest BCUT2D eigenvalue weighted by atomic mass is 32.2. The highest BCUT2D eigenvalue weighted by Crippen LogP contribution is 2.25. The van der Waals surface area contributed by atoms with Crippen LogP contribution < -0.4 is 5.32 Å². The number of hydrogen-bond donors (Lipinski definition) is 1. The Morgan fingerprint density at radius 2 is 2.00 bits per heavy atom. The molecule has 1 aliphatic rings. The van der Waals surface area contributed by atoms with E-state index in [4.69, 9.17) is 0 Å². The molecule has 0 saturated carbocycles. The summed E-state index contributed by atoms with van der Waals surface area (Å²) < 4.78 is 63.6. The van der Waals surface area contributed by atoms with Crippen LogP contribution in [0.3, 0.4) is 0 Å². The van der Waals surface area contributed by atoms with E-state index in [0.717, 1.165) is 25.5 Å². The van der Waals surface area contributed by atoms with E-state index in [0.29, 0.717) is 6.26 Å². The average Bonchev–Trinajstić information content (AvgIpc) is 2.76. The van der Waals surface area contributed by atoms with Crippen LogP contribution in [0.15, 0.2) is 11.0 Å². The molecule has 1 aromatic rings. The zero-order valence-corrected chi connectivity index (χ0v) is 11.2. The van der Waals surface area contributed by atoms with Crippen LogP contribution in [0.2, 0.25) is 0 Å². The lowest BCUT2D eigenvalue weighted by Gasteiger charge is -2.13. The monoisotopic (exact) mass is 293 g/mol. The fourth-order valence-corrected chi connectivity index (χ4v) is 3.14. The van der Waals surface area contributed by atoms with Crippen molar-refractivity contribution in [2.24, 2.45) is 0 Å². The van der Waals surface area contributed by atoms with E-state index in [9.17, 15) is 21.6 Å². The summed E-state index contributed by atoms with van der Waals surface area (Å²) in [6.07, 6.45) is 2.52. The number of nitrogens with one attached hydrogen (secondary N) is 1. The van der Waals surface area contributed by atoms with Gasteiger partial charge >= 0.3 is 0 Å². The number of halogens is 3. The van der Waals surface area contributed by atoms with Crippen LogP contribution >= 0.6 is 0 Å². The van der Waals surface area contributed by atoms with Gasteiger partial charge in [-0.15, -0.1) is 0 Å². The van der Waals surface area contributed by atoms with Crippen molar-refractivity contribution in [3.8, 4) is 0 Å². The van der Waals surface area contributed by atoms with Gasteiger partial charge in [0.15, 0.2) is 21.5 Å². The van der Waals surface area contributed by atoms with Crippen molar-refractivity contribution >= 4 is 9.84 Å². The first-order valence-corrected chi connectivity index (χ1v) is 7.79. The van der Waals surface area contributed by atoms with Crippen molar-refractivity contribution in [2.75, 3.05) is 12.8 Å². The Morgan fingerprint density at radius 1 is 1.32 bits per heavy atom. The van der Waals surface area contributed by atoms with Gasteiger partial charge < -0.3 is 5.32 Å². The van der Waals surface area contributed by atoms with Crippen LogP contribution in [0, 0.1) is 17.5 Å². The van der Waals surface area contributed by atoms with Crippen molar-refractivity contribution in [1.29, 1.82) is 0 Å². The molecule has 1 unspecified atom stereocenters. The number of sulfone groups is 1. The Morgan fingerprint density at radius 3 is 2.53 bits per heavy atom. The summed E-state index contributed by atoms with van der Waals surface area (Å²) in [7, 11) is -4.14. The van der Waals surface area contributed by atoms with Crippen LogP contribution in [0.25, 0.3) is 0 Å². The van der Waals surface area contributed by atoms with E-state index in [2.05, 4.69) is 5.32 Å². The topological polar surface area (TPSA) is 46.2 Å². The predicted molar refractivity (Wildman–Crippen MR) is 64.2 cm³/mol. The Kier molecular flexibility index (Phi) is 3.87. The summed E-state index contributed by atoms with van der Waals surface area (Å²) in [6, 6.07) is 0.742. The van der Waals surface area contributed by atoms with E-state index >= 15 is 0 Å². The molecule has 1 atom stereocenters. The minimum atomic E-state index is -4.14. The fraction of sp³-hybridized carbons (Fsp3) is 0.500. The fourth-order valence-electron chi connectivity index (χ4n) is 2.31. The largest absolute Gasteiger partial charge is 0.314 e. The third-order valence-electron chi connectivity index (χ3n) is 3.19. The van der Waals surface area contributed by atoms with Crippen LogP contribution in [-0.4, -0.2) is 27.3 Å². The van der Waals surface area contributed by atoms with E-state index in [1.165, 1.54) is 0 Å². The lowest BCUT2D eigenvalue weighted by atomic mass is 10.0.